The molecule has 2 nitrogen and oxygen atoms in total. The Morgan fingerprint density at radius 1 is 0.188 bits per heavy atom. The first kappa shape index (κ1) is 56.4. The molecule has 0 radical (unpaired) electrons. The first-order chi connectivity index (χ1) is 38.7. The van der Waals surface area contributed by atoms with E-state index in [0.717, 1.165) is 155 Å². The van der Waals surface area contributed by atoms with Crippen molar-refractivity contribution in [1.82, 2.24) is 9.80 Å². The summed E-state index contributed by atoms with van der Waals surface area (Å²) in [4.78, 5) is 6.93. The Labute approximate surface area is 495 Å². The molecule has 0 amide bonds. The minimum absolute atomic E-state index is 0.562. The van der Waals surface area contributed by atoms with Gasteiger partial charge in [0.1, 0.15) is 0 Å². The van der Waals surface area contributed by atoms with Crippen molar-refractivity contribution in [1.29, 1.82) is 0 Å². The Morgan fingerprint density at radius 2 is 0.375 bits per heavy atom. The minimum Gasteiger partial charge on any atom is -0.294 e. The summed E-state index contributed by atoms with van der Waals surface area (Å²) in [7, 11) is 0. The molecule has 15 aliphatic carbocycles. The van der Waals surface area contributed by atoms with Crippen LogP contribution in [0.25, 0.3) is 0 Å². The van der Waals surface area contributed by atoms with E-state index in [-0.39, 0.29) is 0 Å². The van der Waals surface area contributed by atoms with Crippen molar-refractivity contribution < 1.29 is 0 Å². The lowest BCUT2D eigenvalue weighted by Crippen LogP contribution is -2.55. The van der Waals surface area contributed by atoms with Gasteiger partial charge >= 0.3 is 0 Å². The highest BCUT2D eigenvalue weighted by molar-refractivity contribution is 5.13. The van der Waals surface area contributed by atoms with Gasteiger partial charge in [-0.05, 0) is 345 Å². The molecule has 0 saturated heterocycles. The van der Waals surface area contributed by atoms with Crippen LogP contribution in [-0.4, -0.2) is 46.1 Å². The van der Waals surface area contributed by atoms with Crippen LogP contribution in [0.2, 0.25) is 0 Å². The lowest BCUT2D eigenvalue weighted by Gasteiger charge is -2.54. The zero-order valence-electron chi connectivity index (χ0n) is 54.2. The molecule has 0 aliphatic heterocycles. The van der Waals surface area contributed by atoms with Crippen LogP contribution in [0.15, 0.2) is 0 Å². The molecule has 0 aromatic heterocycles. The molecule has 15 aliphatic rings. The van der Waals surface area contributed by atoms with Crippen LogP contribution in [0.3, 0.4) is 0 Å². The van der Waals surface area contributed by atoms with E-state index in [1.54, 1.807) is 205 Å². The highest BCUT2D eigenvalue weighted by atomic mass is 15.2. The topological polar surface area (TPSA) is 6.48 Å². The molecule has 0 aromatic rings. The summed E-state index contributed by atoms with van der Waals surface area (Å²) < 4.78 is 0. The molecule has 452 valence electrons. The second kappa shape index (κ2) is 21.9. The molecule has 0 N–H and O–H groups in total. The van der Waals surface area contributed by atoms with Crippen molar-refractivity contribution in [3.63, 3.8) is 0 Å². The molecule has 0 spiro atoms. The van der Waals surface area contributed by atoms with Crippen molar-refractivity contribution in [3.05, 3.63) is 0 Å². The van der Waals surface area contributed by atoms with Crippen LogP contribution in [0, 0.1) is 140 Å². The molecule has 15 rings (SSSR count). The molecule has 20 atom stereocenters. The van der Waals surface area contributed by atoms with E-state index >= 15 is 0 Å². The van der Waals surface area contributed by atoms with E-state index in [9.17, 15) is 0 Å². The average molecular weight is 1100 g/mol. The van der Waals surface area contributed by atoms with Gasteiger partial charge in [-0.1, -0.05) is 107 Å². The fourth-order valence-corrected chi connectivity index (χ4v) is 30.3. The third kappa shape index (κ3) is 9.36. The maximum absolute atomic E-state index is 3.46. The summed E-state index contributed by atoms with van der Waals surface area (Å²) in [6.07, 6.45) is 62.3. The fourth-order valence-electron chi connectivity index (χ4n) is 30.3. The average Bonchev–Trinajstić information content (AvgIpc) is 4.26. The van der Waals surface area contributed by atoms with Gasteiger partial charge in [-0.3, -0.25) is 9.80 Å². The van der Waals surface area contributed by atoms with Crippen LogP contribution < -0.4 is 0 Å². The highest BCUT2D eigenvalue weighted by Gasteiger charge is 2.63. The van der Waals surface area contributed by atoms with E-state index in [4.69, 9.17) is 0 Å². The van der Waals surface area contributed by atoms with E-state index in [2.05, 4.69) is 65.2 Å². The highest BCUT2D eigenvalue weighted by Crippen LogP contribution is 2.69. The summed E-state index contributed by atoms with van der Waals surface area (Å²) in [5, 5.41) is 0. The maximum atomic E-state index is 3.46. The lowest BCUT2D eigenvalue weighted by atomic mass is 9.64. The van der Waals surface area contributed by atoms with Crippen molar-refractivity contribution >= 4 is 0 Å². The molecule has 20 unspecified atom stereocenters. The van der Waals surface area contributed by atoms with Gasteiger partial charge in [-0.25, -0.2) is 0 Å². The minimum atomic E-state index is 0.562. The van der Waals surface area contributed by atoms with Gasteiger partial charge in [0, 0.05) is 36.3 Å². The normalized spacial score (nSPS) is 52.9. The number of hydrogen-bond donors (Lipinski definition) is 0. The smallest absolute Gasteiger partial charge is 0.0104 e. The van der Waals surface area contributed by atoms with Gasteiger partial charge in [0.2, 0.25) is 0 Å². The Kier molecular flexibility index (Phi) is 15.4. The van der Waals surface area contributed by atoms with Crippen LogP contribution >= 0.6 is 0 Å². The Hall–Kier alpha value is -0.0800. The van der Waals surface area contributed by atoms with Crippen LogP contribution in [-0.2, 0) is 0 Å². The quantitative estimate of drug-likeness (QED) is 0.239. The fraction of sp³-hybridized carbons (Fsp3) is 1.00. The van der Waals surface area contributed by atoms with E-state index in [1.807, 2.05) is 0 Å². The Morgan fingerprint density at radius 3 is 0.613 bits per heavy atom. The number of fused-ring (bicyclic) bond motifs is 12. The molecule has 0 heterocycles. The summed E-state index contributed by atoms with van der Waals surface area (Å²) in [5.41, 5.74) is 2.25. The van der Waals surface area contributed by atoms with Gasteiger partial charge in [-0.2, -0.15) is 0 Å². The van der Waals surface area contributed by atoms with Gasteiger partial charge in [0.05, 0.1) is 0 Å². The van der Waals surface area contributed by atoms with Gasteiger partial charge in [0.25, 0.3) is 0 Å². The second-order valence-electron chi connectivity index (χ2n) is 37.2. The summed E-state index contributed by atoms with van der Waals surface area (Å²) in [5.74, 6) is 20.7. The Balaban J connectivity index is 0.596. The first-order valence-electron chi connectivity index (χ1n) is 38.2. The zero-order valence-corrected chi connectivity index (χ0v) is 54.2. The molecular formula is C78H130N2. The number of hydrogen-bond acceptors (Lipinski definition) is 2. The first-order valence-corrected chi connectivity index (χ1v) is 38.2. The van der Waals surface area contributed by atoms with Crippen molar-refractivity contribution in [2.24, 2.45) is 140 Å². The second-order valence-corrected chi connectivity index (χ2v) is 37.2. The molecule has 0 bridgehead atoms. The van der Waals surface area contributed by atoms with Crippen molar-refractivity contribution in [3.8, 4) is 0 Å². The molecule has 15 saturated carbocycles. The van der Waals surface area contributed by atoms with Crippen LogP contribution in [0.5, 0.6) is 0 Å². The largest absolute Gasteiger partial charge is 0.294 e. The lowest BCUT2D eigenvalue weighted by molar-refractivity contribution is -0.0418. The monoisotopic (exact) mass is 1100 g/mol. The van der Waals surface area contributed by atoms with Crippen molar-refractivity contribution in [2.45, 2.75) is 348 Å². The predicted molar refractivity (Wildman–Crippen MR) is 336 cm³/mol. The third-order valence-corrected chi connectivity index (χ3v) is 33.8. The number of nitrogens with zero attached hydrogens (tertiary/aromatic N) is 2. The summed E-state index contributed by atoms with van der Waals surface area (Å²) in [6, 6.07) is 5.27. The molecular weight excluding hydrogens is 965 g/mol. The van der Waals surface area contributed by atoms with E-state index in [0.29, 0.717) is 21.7 Å². The Bertz CT molecular complexity index is 1840. The number of rotatable bonds is 8. The molecule has 15 fully saturated rings. The molecule has 80 heavy (non-hydrogen) atoms. The zero-order chi connectivity index (χ0) is 54.5. The van der Waals surface area contributed by atoms with Crippen LogP contribution in [0.4, 0.5) is 0 Å². The third-order valence-electron chi connectivity index (χ3n) is 33.8. The summed E-state index contributed by atoms with van der Waals surface area (Å²) in [6.45, 7) is 22.3. The van der Waals surface area contributed by atoms with Gasteiger partial charge in [-0.15, -0.1) is 0 Å². The maximum Gasteiger partial charge on any atom is 0.0104 e. The standard InChI is InChI=1S/C78H130N2/c1-75(2)67-21-13-9-17-59(67)63-41-37-55(45-71(63)75)79(56-38-42-64-60-18-10-14-22-68(60)76(3,4)72(64)46-56)53-33-29-51(30-34-53)49-25-27-50(28-26-49)52-31-35-54(36-32-52)80(57-39-43-65-61-19-11-15-23-69(61)77(5,6)73(65)47-57)58-40-44-66-62-20-12-16-24-70(62)78(7,8)74(66)48-58/h49-74H,9-48H2,1-8H3. The molecule has 2 heteroatoms. The van der Waals surface area contributed by atoms with Gasteiger partial charge in [0.15, 0.2) is 0 Å². The molecule has 0 aromatic carbocycles. The van der Waals surface area contributed by atoms with Crippen molar-refractivity contribution in [2.75, 3.05) is 0 Å². The van der Waals surface area contributed by atoms with E-state index < -0.39 is 0 Å². The van der Waals surface area contributed by atoms with E-state index in [1.165, 1.54) is 51.4 Å². The van der Waals surface area contributed by atoms with Crippen LogP contribution in [0.1, 0.15) is 312 Å². The SMILES string of the molecule is CC1(C)C2CCCCC2C2CCC(N(C3CCC(C4CCC(C5CCC(N(C6CCC7C8CCCCC8C(C)(C)C7C6)C6CCC7C8CCCCC8C(C)(C)C7C6)CC5)CC4)CC3)C3CCC4C5CCCCC5C(C)(C)C4C3)CC21. The summed E-state index contributed by atoms with van der Waals surface area (Å²) >= 11 is 0. The van der Waals surface area contributed by atoms with Gasteiger partial charge < -0.3 is 0 Å². The predicted octanol–water partition coefficient (Wildman–Crippen LogP) is 21.0.